The van der Waals surface area contributed by atoms with Gasteiger partial charge in [0.25, 0.3) is 0 Å². The number of amides is 2. The van der Waals surface area contributed by atoms with Gasteiger partial charge in [-0.25, -0.2) is 9.78 Å². The van der Waals surface area contributed by atoms with E-state index < -0.39 is 12.0 Å². The van der Waals surface area contributed by atoms with Crippen molar-refractivity contribution in [2.45, 2.75) is 57.7 Å². The van der Waals surface area contributed by atoms with Crippen LogP contribution in [0.2, 0.25) is 0 Å². The number of rotatable bonds is 10. The van der Waals surface area contributed by atoms with Gasteiger partial charge in [0.05, 0.1) is 44.0 Å². The monoisotopic (exact) mass is 634 g/mol. The van der Waals surface area contributed by atoms with E-state index in [1.807, 2.05) is 77.7 Å². The van der Waals surface area contributed by atoms with Gasteiger partial charge in [0, 0.05) is 38.2 Å². The number of fused-ring (bicyclic) bond motifs is 1. The summed E-state index contributed by atoms with van der Waals surface area (Å²) in [4.78, 5) is 50.0. The highest BCUT2D eigenvalue weighted by molar-refractivity contribution is 5.93. The van der Waals surface area contributed by atoms with Gasteiger partial charge in [-0.2, -0.15) is 0 Å². The van der Waals surface area contributed by atoms with Gasteiger partial charge in [0.2, 0.25) is 11.8 Å². The van der Waals surface area contributed by atoms with Crippen LogP contribution in [0.15, 0.2) is 84.9 Å². The number of aromatic nitrogens is 2. The third-order valence-corrected chi connectivity index (χ3v) is 9.19. The second-order valence-corrected chi connectivity index (χ2v) is 12.2. The zero-order valence-corrected chi connectivity index (χ0v) is 27.1. The fraction of sp³-hybridized carbons (Fsp3) is 0.368. The minimum atomic E-state index is -0.681. The topological polar surface area (TPSA) is 94.0 Å². The predicted octanol–water partition coefficient (Wildman–Crippen LogP) is 5.00. The molecule has 0 saturated carbocycles. The van der Waals surface area contributed by atoms with E-state index in [4.69, 9.17) is 14.5 Å². The van der Waals surface area contributed by atoms with Crippen LogP contribution >= 0.6 is 0 Å². The molecular formula is C38H42N4O5. The van der Waals surface area contributed by atoms with Crippen LogP contribution in [0.25, 0.3) is 0 Å². The molecule has 3 aromatic carbocycles. The lowest BCUT2D eigenvalue weighted by molar-refractivity contribution is -0.150. The highest BCUT2D eigenvalue weighted by Gasteiger charge is 2.42. The zero-order valence-electron chi connectivity index (χ0n) is 27.1. The van der Waals surface area contributed by atoms with Gasteiger partial charge in [-0.3, -0.25) is 9.59 Å². The highest BCUT2D eigenvalue weighted by atomic mass is 16.5. The standard InChI is InChI=1S/C38H42N4O5/c1-3-4-15-34-39-31-26-42(37(44)35(28-11-7-5-8-12-28)29-13-9-6-10-14-29)33(36(43)40-20-22-47-23-21-40)24-32(31)41(34)25-27-16-18-30(19-17-27)38(45)46-2/h5-14,16-19,33,35H,3-4,15,20-26H2,1-2H3/t33-/m0/s1. The Morgan fingerprint density at radius 1 is 0.915 bits per heavy atom. The van der Waals surface area contributed by atoms with Gasteiger partial charge in [-0.05, 0) is 35.2 Å². The third kappa shape index (κ3) is 7.00. The summed E-state index contributed by atoms with van der Waals surface area (Å²) in [5, 5.41) is 0. The molecule has 47 heavy (non-hydrogen) atoms. The van der Waals surface area contributed by atoms with Crippen LogP contribution in [0.4, 0.5) is 0 Å². The van der Waals surface area contributed by atoms with Crippen LogP contribution in [0.5, 0.6) is 0 Å². The van der Waals surface area contributed by atoms with Gasteiger partial charge < -0.3 is 23.8 Å². The summed E-state index contributed by atoms with van der Waals surface area (Å²) in [6.45, 7) is 4.91. The lowest BCUT2D eigenvalue weighted by Crippen LogP contribution is -2.56. The van der Waals surface area contributed by atoms with Crippen LogP contribution in [0.1, 0.15) is 69.9 Å². The van der Waals surface area contributed by atoms with Crippen LogP contribution in [-0.4, -0.2) is 76.6 Å². The Hall–Kier alpha value is -4.76. The highest BCUT2D eigenvalue weighted by Crippen LogP contribution is 2.33. The first kappa shape index (κ1) is 32.2. The maximum absolute atomic E-state index is 14.8. The van der Waals surface area contributed by atoms with Crippen molar-refractivity contribution < 1.29 is 23.9 Å². The molecule has 0 unspecified atom stereocenters. The lowest BCUT2D eigenvalue weighted by Gasteiger charge is -2.40. The number of carbonyl (C=O) groups excluding carboxylic acids is 3. The summed E-state index contributed by atoms with van der Waals surface area (Å²) in [5.41, 5.74) is 5.10. The molecule has 2 aliphatic rings. The number of hydrogen-bond acceptors (Lipinski definition) is 6. The zero-order chi connectivity index (χ0) is 32.8. The number of methoxy groups -OCH3 is 1. The van der Waals surface area contributed by atoms with Crippen LogP contribution in [0, 0.1) is 0 Å². The molecule has 2 amide bonds. The molecule has 9 heteroatoms. The van der Waals surface area contributed by atoms with Gasteiger partial charge >= 0.3 is 5.97 Å². The van der Waals surface area contributed by atoms with Crippen LogP contribution in [0.3, 0.4) is 0 Å². The summed E-state index contributed by atoms with van der Waals surface area (Å²) < 4.78 is 12.7. The van der Waals surface area contributed by atoms with Crippen LogP contribution < -0.4 is 0 Å². The van der Waals surface area contributed by atoms with Gasteiger partial charge in [-0.1, -0.05) is 86.1 Å². The fourth-order valence-corrected chi connectivity index (χ4v) is 6.65. The smallest absolute Gasteiger partial charge is 0.337 e. The first-order valence-corrected chi connectivity index (χ1v) is 16.5. The Bertz CT molecular complexity index is 1640. The van der Waals surface area contributed by atoms with Gasteiger partial charge in [-0.15, -0.1) is 0 Å². The second-order valence-electron chi connectivity index (χ2n) is 12.2. The largest absolute Gasteiger partial charge is 0.465 e. The molecule has 9 nitrogen and oxygen atoms in total. The summed E-state index contributed by atoms with van der Waals surface area (Å²) in [7, 11) is 1.37. The minimum Gasteiger partial charge on any atom is -0.465 e. The lowest BCUT2D eigenvalue weighted by atomic mass is 9.88. The molecule has 1 saturated heterocycles. The molecule has 6 rings (SSSR count). The maximum Gasteiger partial charge on any atom is 0.337 e. The van der Waals surface area contributed by atoms with Crippen molar-refractivity contribution in [2.75, 3.05) is 33.4 Å². The van der Waals surface area contributed by atoms with Gasteiger partial charge in [0.15, 0.2) is 0 Å². The summed E-state index contributed by atoms with van der Waals surface area (Å²) >= 11 is 0. The third-order valence-electron chi connectivity index (χ3n) is 9.19. The van der Waals surface area contributed by atoms with E-state index in [9.17, 15) is 14.4 Å². The molecule has 1 fully saturated rings. The van der Waals surface area contributed by atoms with E-state index in [0.717, 1.165) is 53.2 Å². The first-order valence-electron chi connectivity index (χ1n) is 16.5. The van der Waals surface area contributed by atoms with Crippen molar-refractivity contribution in [3.05, 3.63) is 124 Å². The number of benzene rings is 3. The SMILES string of the molecule is CCCCc1nc2c(n1Cc1ccc(C(=O)OC)cc1)C[C@@H](C(=O)N1CCOCC1)N(C(=O)C(c1ccccc1)c1ccccc1)C2. The number of morpholine rings is 1. The summed E-state index contributed by atoms with van der Waals surface area (Å²) in [6, 6.07) is 26.3. The molecule has 3 heterocycles. The van der Waals surface area contributed by atoms with E-state index in [2.05, 4.69) is 11.5 Å². The first-order chi connectivity index (χ1) is 23.0. The predicted molar refractivity (Wildman–Crippen MR) is 178 cm³/mol. The normalized spacial score (nSPS) is 16.2. The number of imidazole rings is 1. The Morgan fingerprint density at radius 2 is 1.55 bits per heavy atom. The number of aryl methyl sites for hydroxylation is 1. The quantitative estimate of drug-likeness (QED) is 0.228. The van der Waals surface area contributed by atoms with E-state index in [-0.39, 0.29) is 24.3 Å². The Kier molecular flexibility index (Phi) is 10.1. The Balaban J connectivity index is 1.40. The summed E-state index contributed by atoms with van der Waals surface area (Å²) in [5.74, 6) is -0.156. The number of esters is 1. The number of unbranched alkanes of at least 4 members (excludes halogenated alkanes) is 1. The molecule has 4 aromatic rings. The number of hydrogen-bond donors (Lipinski definition) is 0. The number of nitrogens with zero attached hydrogens (tertiary/aromatic N) is 4. The average molecular weight is 635 g/mol. The van der Waals surface area contributed by atoms with E-state index in [0.29, 0.717) is 44.8 Å². The van der Waals surface area contributed by atoms with Crippen molar-refractivity contribution >= 4 is 17.8 Å². The minimum absolute atomic E-state index is 0.0579. The Morgan fingerprint density at radius 3 is 2.15 bits per heavy atom. The molecular weight excluding hydrogens is 592 g/mol. The Labute approximate surface area is 276 Å². The van der Waals surface area contributed by atoms with Crippen molar-refractivity contribution in [3.63, 3.8) is 0 Å². The van der Waals surface area contributed by atoms with Crippen molar-refractivity contribution in [2.24, 2.45) is 0 Å². The number of carbonyl (C=O) groups is 3. The summed E-state index contributed by atoms with van der Waals surface area (Å²) in [6.07, 6.45) is 3.15. The molecule has 244 valence electrons. The molecule has 0 N–H and O–H groups in total. The molecule has 2 aliphatic heterocycles. The van der Waals surface area contributed by atoms with Crippen molar-refractivity contribution in [1.82, 2.24) is 19.4 Å². The van der Waals surface area contributed by atoms with Crippen LogP contribution in [-0.2, 0) is 45.0 Å². The van der Waals surface area contributed by atoms with Crippen molar-refractivity contribution in [1.29, 1.82) is 0 Å². The average Bonchev–Trinajstić information content (AvgIpc) is 3.46. The molecule has 0 spiro atoms. The molecule has 1 atom stereocenters. The van der Waals surface area contributed by atoms with E-state index >= 15 is 0 Å². The van der Waals surface area contributed by atoms with Crippen molar-refractivity contribution in [3.8, 4) is 0 Å². The second kappa shape index (κ2) is 14.8. The fourth-order valence-electron chi connectivity index (χ4n) is 6.65. The van der Waals surface area contributed by atoms with E-state index in [1.165, 1.54) is 7.11 Å². The molecule has 0 bridgehead atoms. The maximum atomic E-state index is 14.8. The van der Waals surface area contributed by atoms with E-state index in [1.54, 1.807) is 17.0 Å². The number of ether oxygens (including phenoxy) is 2. The molecule has 1 aromatic heterocycles. The van der Waals surface area contributed by atoms with Gasteiger partial charge in [0.1, 0.15) is 11.9 Å². The molecule has 0 radical (unpaired) electrons. The molecule has 0 aliphatic carbocycles.